The van der Waals surface area contributed by atoms with Crippen molar-refractivity contribution in [1.82, 2.24) is 0 Å². The maximum Gasteiger partial charge on any atom is 0.371 e. The monoisotopic (exact) mass is 271 g/mol. The highest BCUT2D eigenvalue weighted by atomic mass is 16.4. The van der Waals surface area contributed by atoms with Crippen molar-refractivity contribution in [3.05, 3.63) is 62.3 Å². The predicted octanol–water partition coefficient (Wildman–Crippen LogP) is 2.81. The van der Waals surface area contributed by atoms with Crippen molar-refractivity contribution < 1.29 is 14.3 Å². The van der Waals surface area contributed by atoms with Gasteiger partial charge in [-0.15, -0.1) is 0 Å². The molecule has 0 aliphatic heterocycles. The second-order valence-corrected chi connectivity index (χ2v) is 3.85. The van der Waals surface area contributed by atoms with E-state index in [-0.39, 0.29) is 12.1 Å². The van der Waals surface area contributed by atoms with Gasteiger partial charge in [0.05, 0.1) is 5.39 Å². The average Bonchev–Trinajstić information content (AvgIpc) is 2.43. The lowest BCUT2D eigenvalue weighted by Crippen LogP contribution is -2.06. The molecule has 0 amide bonds. The molecular formula is C13H9N3O4. The third-order valence-electron chi connectivity index (χ3n) is 2.52. The zero-order valence-electron chi connectivity index (χ0n) is 10.2. The Morgan fingerprint density at radius 2 is 2.25 bits per heavy atom. The second kappa shape index (κ2) is 5.73. The molecule has 1 N–H and O–H groups in total. The molecule has 0 fully saturated rings. The molecular weight excluding hydrogens is 262 g/mol. The molecule has 0 bridgehead atoms. The number of rotatable bonds is 4. The van der Waals surface area contributed by atoms with Gasteiger partial charge in [0.1, 0.15) is 5.58 Å². The summed E-state index contributed by atoms with van der Waals surface area (Å²) in [4.78, 5) is 25.2. The van der Waals surface area contributed by atoms with Crippen molar-refractivity contribution in [1.29, 1.82) is 0 Å². The highest BCUT2D eigenvalue weighted by Gasteiger charge is 2.10. The Kier molecular flexibility index (Phi) is 3.83. The number of hydrogen-bond acceptors (Lipinski definition) is 4. The number of carbonyl (C=O) groups is 1. The molecule has 100 valence electrons. The SMILES string of the molecule is [N-]=[N+]=NCC=Cc1ccc2oc(C(=O)O)cc(=O)c2c1. The quantitative estimate of drug-likeness (QED) is 0.522. The summed E-state index contributed by atoms with van der Waals surface area (Å²) in [6.07, 6.45) is 3.34. The fourth-order valence-electron chi connectivity index (χ4n) is 1.66. The van der Waals surface area contributed by atoms with Crippen LogP contribution in [0, 0.1) is 0 Å². The van der Waals surface area contributed by atoms with Crippen LogP contribution in [-0.2, 0) is 0 Å². The predicted molar refractivity (Wildman–Crippen MR) is 72.5 cm³/mol. The van der Waals surface area contributed by atoms with Crippen LogP contribution in [0.4, 0.5) is 0 Å². The van der Waals surface area contributed by atoms with Crippen LogP contribution in [0.25, 0.3) is 27.5 Å². The fourth-order valence-corrected chi connectivity index (χ4v) is 1.66. The van der Waals surface area contributed by atoms with Crippen LogP contribution >= 0.6 is 0 Å². The highest BCUT2D eigenvalue weighted by Crippen LogP contribution is 2.15. The van der Waals surface area contributed by atoms with E-state index in [0.717, 1.165) is 11.6 Å². The van der Waals surface area contributed by atoms with Crippen LogP contribution < -0.4 is 5.43 Å². The van der Waals surface area contributed by atoms with Crippen LogP contribution in [-0.4, -0.2) is 17.6 Å². The van der Waals surface area contributed by atoms with Gasteiger partial charge in [-0.2, -0.15) is 0 Å². The van der Waals surface area contributed by atoms with Crippen molar-refractivity contribution in [2.24, 2.45) is 5.11 Å². The van der Waals surface area contributed by atoms with Gasteiger partial charge in [0, 0.05) is 17.5 Å². The Labute approximate surface area is 112 Å². The van der Waals surface area contributed by atoms with Crippen molar-refractivity contribution in [2.45, 2.75) is 0 Å². The topological polar surface area (TPSA) is 116 Å². The standard InChI is InChI=1S/C13H9N3O4/c14-16-15-5-1-2-8-3-4-11-9(6-8)10(17)7-12(20-11)13(18)19/h1-4,6-7H,5H2,(H,18,19). The summed E-state index contributed by atoms with van der Waals surface area (Å²) >= 11 is 0. The van der Waals surface area contributed by atoms with E-state index in [4.69, 9.17) is 15.1 Å². The van der Waals surface area contributed by atoms with Crippen molar-refractivity contribution in [3.8, 4) is 0 Å². The summed E-state index contributed by atoms with van der Waals surface area (Å²) in [5.74, 6) is -1.68. The van der Waals surface area contributed by atoms with Gasteiger partial charge in [0.15, 0.2) is 5.43 Å². The van der Waals surface area contributed by atoms with Crippen LogP contribution in [0.15, 0.2) is 44.7 Å². The van der Waals surface area contributed by atoms with Gasteiger partial charge in [-0.05, 0) is 23.2 Å². The minimum Gasteiger partial charge on any atom is -0.475 e. The Morgan fingerprint density at radius 3 is 2.95 bits per heavy atom. The molecule has 1 aromatic heterocycles. The molecule has 7 heteroatoms. The molecule has 1 aromatic carbocycles. The smallest absolute Gasteiger partial charge is 0.371 e. The molecule has 0 aliphatic rings. The zero-order valence-corrected chi connectivity index (χ0v) is 10.2. The Hall–Kier alpha value is -3.05. The van der Waals surface area contributed by atoms with Gasteiger partial charge >= 0.3 is 5.97 Å². The molecule has 0 atom stereocenters. The molecule has 2 rings (SSSR count). The molecule has 0 unspecified atom stereocenters. The van der Waals surface area contributed by atoms with Crippen LogP contribution in [0.1, 0.15) is 16.1 Å². The normalized spacial score (nSPS) is 10.6. The van der Waals surface area contributed by atoms with Gasteiger partial charge in [-0.25, -0.2) is 4.79 Å². The summed E-state index contributed by atoms with van der Waals surface area (Å²) in [5, 5.41) is 12.4. The number of hydrogen-bond donors (Lipinski definition) is 1. The Bertz CT molecular complexity index is 801. The van der Waals surface area contributed by atoms with E-state index < -0.39 is 17.2 Å². The van der Waals surface area contributed by atoms with Gasteiger partial charge in [0.25, 0.3) is 0 Å². The molecule has 0 spiro atoms. The van der Waals surface area contributed by atoms with Crippen LogP contribution in [0.5, 0.6) is 0 Å². The van der Waals surface area contributed by atoms with E-state index in [1.807, 2.05) is 0 Å². The number of aromatic carboxylic acids is 1. The van der Waals surface area contributed by atoms with Crippen molar-refractivity contribution in [3.63, 3.8) is 0 Å². The van der Waals surface area contributed by atoms with E-state index in [9.17, 15) is 9.59 Å². The number of fused-ring (bicyclic) bond motifs is 1. The number of carboxylic acids is 1. The van der Waals surface area contributed by atoms with E-state index in [1.54, 1.807) is 24.3 Å². The van der Waals surface area contributed by atoms with Crippen molar-refractivity contribution >= 4 is 23.0 Å². The summed E-state index contributed by atoms with van der Waals surface area (Å²) in [7, 11) is 0. The first-order chi connectivity index (χ1) is 9.61. The lowest BCUT2D eigenvalue weighted by atomic mass is 10.1. The van der Waals surface area contributed by atoms with E-state index in [1.165, 1.54) is 6.07 Å². The summed E-state index contributed by atoms with van der Waals surface area (Å²) in [5.41, 5.74) is 8.65. The first-order valence-corrected chi connectivity index (χ1v) is 5.60. The van der Waals surface area contributed by atoms with Gasteiger partial charge in [-0.1, -0.05) is 23.3 Å². The highest BCUT2D eigenvalue weighted by molar-refractivity contribution is 5.88. The number of carboxylic acid groups (broad SMARTS) is 1. The first kappa shape index (κ1) is 13.4. The second-order valence-electron chi connectivity index (χ2n) is 3.85. The molecule has 20 heavy (non-hydrogen) atoms. The number of nitrogens with zero attached hydrogens (tertiary/aromatic N) is 3. The number of benzene rings is 1. The van der Waals surface area contributed by atoms with E-state index in [2.05, 4.69) is 10.0 Å². The summed E-state index contributed by atoms with van der Waals surface area (Å²) in [6, 6.07) is 5.72. The minimum absolute atomic E-state index is 0.209. The first-order valence-electron chi connectivity index (χ1n) is 5.60. The van der Waals surface area contributed by atoms with E-state index in [0.29, 0.717) is 5.39 Å². The van der Waals surface area contributed by atoms with Crippen molar-refractivity contribution in [2.75, 3.05) is 6.54 Å². The maximum absolute atomic E-state index is 11.8. The zero-order chi connectivity index (χ0) is 14.5. The molecule has 2 aromatic rings. The number of azide groups is 1. The van der Waals surface area contributed by atoms with E-state index >= 15 is 0 Å². The Morgan fingerprint density at radius 1 is 1.45 bits per heavy atom. The molecule has 7 nitrogen and oxygen atoms in total. The Balaban J connectivity index is 2.45. The average molecular weight is 271 g/mol. The van der Waals surface area contributed by atoms with Crippen LogP contribution in [0.2, 0.25) is 0 Å². The van der Waals surface area contributed by atoms with Gasteiger partial charge in [-0.3, -0.25) is 4.79 Å². The summed E-state index contributed by atoms with van der Waals surface area (Å²) < 4.78 is 5.11. The maximum atomic E-state index is 11.8. The fraction of sp³-hybridized carbons (Fsp3) is 0.0769. The van der Waals surface area contributed by atoms with Crippen LogP contribution in [0.3, 0.4) is 0 Å². The third kappa shape index (κ3) is 2.85. The molecule has 0 aliphatic carbocycles. The molecule has 1 heterocycles. The largest absolute Gasteiger partial charge is 0.475 e. The summed E-state index contributed by atoms with van der Waals surface area (Å²) in [6.45, 7) is 0.209. The minimum atomic E-state index is -1.29. The molecule has 0 radical (unpaired) electrons. The van der Waals surface area contributed by atoms with Gasteiger partial charge < -0.3 is 9.52 Å². The lowest BCUT2D eigenvalue weighted by molar-refractivity contribution is 0.0663. The lowest BCUT2D eigenvalue weighted by Gasteiger charge is -2.00. The molecule has 0 saturated heterocycles. The third-order valence-corrected chi connectivity index (χ3v) is 2.52. The van der Waals surface area contributed by atoms with Gasteiger partial charge in [0.2, 0.25) is 5.76 Å². The molecule has 0 saturated carbocycles.